The molecule has 0 fully saturated rings. The Morgan fingerprint density at radius 2 is 1.11 bits per heavy atom. The summed E-state index contributed by atoms with van der Waals surface area (Å²) in [5.41, 5.74) is 4.32. The SMILES string of the molecule is CC(C)C[n+]1c(/C=C/c2ccc(O)cc2)cccc1/C=C/c1ccc(O)cc1. The minimum atomic E-state index is 0.272. The van der Waals surface area contributed by atoms with Crippen LogP contribution in [0.3, 0.4) is 0 Å². The van der Waals surface area contributed by atoms with E-state index in [4.69, 9.17) is 0 Å². The van der Waals surface area contributed by atoms with Crippen molar-refractivity contribution in [3.8, 4) is 11.5 Å². The lowest BCUT2D eigenvalue weighted by Crippen LogP contribution is -2.42. The number of rotatable bonds is 6. The lowest BCUT2D eigenvalue weighted by atomic mass is 10.1. The largest absolute Gasteiger partial charge is 0.508 e. The van der Waals surface area contributed by atoms with Crippen LogP contribution in [0.1, 0.15) is 36.4 Å². The highest BCUT2D eigenvalue weighted by Crippen LogP contribution is 2.14. The summed E-state index contributed by atoms with van der Waals surface area (Å²) >= 11 is 0. The van der Waals surface area contributed by atoms with Gasteiger partial charge in [-0.1, -0.05) is 38.1 Å². The van der Waals surface area contributed by atoms with Crippen molar-refractivity contribution in [2.24, 2.45) is 5.92 Å². The summed E-state index contributed by atoms with van der Waals surface area (Å²) in [6.07, 6.45) is 8.32. The third-order valence-electron chi connectivity index (χ3n) is 4.38. The molecule has 0 aliphatic rings. The molecule has 0 radical (unpaired) electrons. The van der Waals surface area contributed by atoms with E-state index in [2.05, 4.69) is 60.9 Å². The van der Waals surface area contributed by atoms with Gasteiger partial charge in [0.1, 0.15) is 11.5 Å². The first-order valence-corrected chi connectivity index (χ1v) is 9.48. The molecule has 0 bridgehead atoms. The maximum atomic E-state index is 9.44. The van der Waals surface area contributed by atoms with E-state index in [1.54, 1.807) is 24.3 Å². The average molecular weight is 372 g/mol. The Balaban J connectivity index is 1.92. The fraction of sp³-hybridized carbons (Fsp3) is 0.160. The normalized spacial score (nSPS) is 11.7. The zero-order chi connectivity index (χ0) is 19.9. The van der Waals surface area contributed by atoms with Crippen molar-refractivity contribution in [3.63, 3.8) is 0 Å². The van der Waals surface area contributed by atoms with Crippen LogP contribution < -0.4 is 4.57 Å². The van der Waals surface area contributed by atoms with Crippen LogP contribution in [0.15, 0.2) is 66.7 Å². The van der Waals surface area contributed by atoms with E-state index in [1.807, 2.05) is 24.3 Å². The first-order valence-electron chi connectivity index (χ1n) is 9.48. The van der Waals surface area contributed by atoms with Gasteiger partial charge >= 0.3 is 0 Å². The van der Waals surface area contributed by atoms with Crippen molar-refractivity contribution < 1.29 is 14.8 Å². The lowest BCUT2D eigenvalue weighted by Gasteiger charge is -2.07. The summed E-state index contributed by atoms with van der Waals surface area (Å²) < 4.78 is 2.30. The van der Waals surface area contributed by atoms with Crippen LogP contribution >= 0.6 is 0 Å². The summed E-state index contributed by atoms with van der Waals surface area (Å²) in [5.74, 6) is 1.05. The molecule has 2 aromatic carbocycles. The van der Waals surface area contributed by atoms with Gasteiger partial charge in [0.25, 0.3) is 0 Å². The Morgan fingerprint density at radius 1 is 0.679 bits per heavy atom. The van der Waals surface area contributed by atoms with Crippen LogP contribution in [0.2, 0.25) is 0 Å². The maximum absolute atomic E-state index is 9.44. The number of hydrogen-bond donors (Lipinski definition) is 2. The van der Waals surface area contributed by atoms with E-state index in [0.29, 0.717) is 5.92 Å². The molecular formula is C25H26NO2+. The second-order valence-electron chi connectivity index (χ2n) is 7.23. The molecule has 0 unspecified atom stereocenters. The predicted octanol–water partition coefficient (Wildman–Crippen LogP) is 5.38. The Morgan fingerprint density at radius 3 is 1.50 bits per heavy atom. The zero-order valence-corrected chi connectivity index (χ0v) is 16.3. The Bertz CT molecular complexity index is 895. The van der Waals surface area contributed by atoms with Gasteiger partial charge in [-0.3, -0.25) is 0 Å². The monoisotopic (exact) mass is 372 g/mol. The van der Waals surface area contributed by atoms with E-state index < -0.39 is 0 Å². The molecule has 142 valence electrons. The van der Waals surface area contributed by atoms with Gasteiger partial charge in [-0.05, 0) is 53.6 Å². The number of phenolic OH excluding ortho intramolecular Hbond substituents is 2. The molecule has 3 heteroatoms. The molecule has 0 spiro atoms. The molecule has 1 aromatic heterocycles. The second-order valence-corrected chi connectivity index (χ2v) is 7.23. The Hall–Kier alpha value is -3.33. The van der Waals surface area contributed by atoms with Crippen LogP contribution in [-0.4, -0.2) is 10.2 Å². The molecule has 0 amide bonds. The van der Waals surface area contributed by atoms with Crippen molar-refractivity contribution in [2.75, 3.05) is 0 Å². The molecule has 28 heavy (non-hydrogen) atoms. The molecule has 0 aliphatic heterocycles. The van der Waals surface area contributed by atoms with Gasteiger partial charge in [-0.25, -0.2) is 0 Å². The first kappa shape index (κ1) is 19.4. The molecule has 2 N–H and O–H groups in total. The minimum absolute atomic E-state index is 0.272. The number of phenols is 2. The average Bonchev–Trinajstić information content (AvgIpc) is 2.68. The maximum Gasteiger partial charge on any atom is 0.205 e. The minimum Gasteiger partial charge on any atom is -0.508 e. The molecule has 0 saturated carbocycles. The van der Waals surface area contributed by atoms with Gasteiger partial charge in [0.2, 0.25) is 11.4 Å². The predicted molar refractivity (Wildman–Crippen MR) is 116 cm³/mol. The summed E-state index contributed by atoms with van der Waals surface area (Å²) in [7, 11) is 0. The van der Waals surface area contributed by atoms with Gasteiger partial charge in [-0.15, -0.1) is 0 Å². The number of aromatic hydroxyl groups is 2. The van der Waals surface area contributed by atoms with E-state index in [-0.39, 0.29) is 11.5 Å². The third kappa shape index (κ3) is 5.34. The van der Waals surface area contributed by atoms with Crippen LogP contribution in [-0.2, 0) is 6.54 Å². The molecule has 0 aliphatic carbocycles. The summed E-state index contributed by atoms with van der Waals surface area (Å²) in [6, 6.07) is 20.6. The first-order chi connectivity index (χ1) is 13.5. The van der Waals surface area contributed by atoms with E-state index >= 15 is 0 Å². The topological polar surface area (TPSA) is 44.3 Å². The van der Waals surface area contributed by atoms with Crippen molar-refractivity contribution in [3.05, 3.63) is 89.2 Å². The van der Waals surface area contributed by atoms with Gasteiger partial charge in [0.15, 0.2) is 6.54 Å². The van der Waals surface area contributed by atoms with Crippen LogP contribution in [0, 0.1) is 5.92 Å². The number of pyridine rings is 1. The second kappa shape index (κ2) is 9.05. The van der Waals surface area contributed by atoms with Crippen molar-refractivity contribution >= 4 is 24.3 Å². The highest BCUT2D eigenvalue weighted by Gasteiger charge is 2.14. The molecule has 0 atom stereocenters. The highest BCUT2D eigenvalue weighted by atomic mass is 16.3. The fourth-order valence-corrected chi connectivity index (χ4v) is 2.98. The Kier molecular flexibility index (Phi) is 6.28. The van der Waals surface area contributed by atoms with Crippen molar-refractivity contribution in [2.45, 2.75) is 20.4 Å². The van der Waals surface area contributed by atoms with Gasteiger partial charge < -0.3 is 10.2 Å². The number of nitrogens with zero attached hydrogens (tertiary/aromatic N) is 1. The van der Waals surface area contributed by atoms with E-state index in [9.17, 15) is 10.2 Å². The lowest BCUT2D eigenvalue weighted by molar-refractivity contribution is -0.705. The quantitative estimate of drug-likeness (QED) is 0.570. The van der Waals surface area contributed by atoms with E-state index in [1.165, 1.54) is 0 Å². The zero-order valence-electron chi connectivity index (χ0n) is 16.3. The smallest absolute Gasteiger partial charge is 0.205 e. The standard InChI is InChI=1S/C25H25NO2/c1-19(2)18-26-22(12-6-20-8-14-24(27)15-9-20)4-3-5-23(26)13-7-21-10-16-25(28)17-11-21/h3-17,19H,18H2,1-2H3,(H,27,28)/p+1. The highest BCUT2D eigenvalue weighted by molar-refractivity contribution is 5.69. The van der Waals surface area contributed by atoms with Crippen molar-refractivity contribution in [1.29, 1.82) is 0 Å². The Labute approximate surface area is 166 Å². The number of aromatic nitrogens is 1. The van der Waals surface area contributed by atoms with Crippen LogP contribution in [0.4, 0.5) is 0 Å². The number of benzene rings is 2. The van der Waals surface area contributed by atoms with Gasteiger partial charge in [-0.2, -0.15) is 4.57 Å². The molecule has 3 rings (SSSR count). The van der Waals surface area contributed by atoms with Gasteiger partial charge in [0.05, 0.1) is 0 Å². The van der Waals surface area contributed by atoms with Crippen molar-refractivity contribution in [1.82, 2.24) is 0 Å². The van der Waals surface area contributed by atoms with Gasteiger partial charge in [0, 0.05) is 30.2 Å². The van der Waals surface area contributed by atoms with Crippen LogP contribution in [0.5, 0.6) is 11.5 Å². The molecule has 3 nitrogen and oxygen atoms in total. The molecule has 1 heterocycles. The molecular weight excluding hydrogens is 346 g/mol. The molecule has 0 saturated heterocycles. The number of hydrogen-bond acceptors (Lipinski definition) is 2. The summed E-state index contributed by atoms with van der Waals surface area (Å²) in [6.45, 7) is 5.33. The molecule has 3 aromatic rings. The van der Waals surface area contributed by atoms with Crippen LogP contribution in [0.25, 0.3) is 24.3 Å². The fourth-order valence-electron chi connectivity index (χ4n) is 2.98. The summed E-state index contributed by atoms with van der Waals surface area (Å²) in [4.78, 5) is 0. The van der Waals surface area contributed by atoms with E-state index in [0.717, 1.165) is 29.1 Å². The third-order valence-corrected chi connectivity index (χ3v) is 4.38. The summed E-state index contributed by atoms with van der Waals surface area (Å²) in [5, 5.41) is 18.9.